The number of nitrogens with one attached hydrogen (secondary N) is 1. The van der Waals surface area contributed by atoms with Crippen molar-refractivity contribution in [2.75, 3.05) is 11.1 Å². The highest BCUT2D eigenvalue weighted by atomic mass is 32.2. The Hall–Kier alpha value is -2.79. The molecule has 3 heterocycles. The molecule has 1 aliphatic rings. The van der Waals surface area contributed by atoms with E-state index < -0.39 is 10.8 Å². The molecule has 0 spiro atoms. The van der Waals surface area contributed by atoms with Crippen LogP contribution in [0.5, 0.6) is 0 Å². The number of thioether (sulfide) groups is 1. The third kappa shape index (κ3) is 3.06. The second kappa shape index (κ2) is 6.50. The third-order valence-electron chi connectivity index (χ3n) is 3.90. The van der Waals surface area contributed by atoms with Crippen molar-refractivity contribution in [2.24, 2.45) is 5.92 Å². The fraction of sp³-hybridized carbons (Fsp3) is 0.200. The molecule has 0 bridgehead atoms. The Morgan fingerprint density at radius 1 is 1.38 bits per heavy atom. The van der Waals surface area contributed by atoms with Gasteiger partial charge in [-0.05, 0) is 6.07 Å². The lowest BCUT2D eigenvalue weighted by Crippen LogP contribution is -2.36. The Morgan fingerprint density at radius 2 is 2.23 bits per heavy atom. The quantitative estimate of drug-likeness (QED) is 0.414. The number of fused-ring (bicyclic) bond motifs is 2. The topological polar surface area (TPSA) is 120 Å². The van der Waals surface area contributed by atoms with Gasteiger partial charge in [0.25, 0.3) is 11.2 Å². The first-order chi connectivity index (χ1) is 12.5. The van der Waals surface area contributed by atoms with Gasteiger partial charge >= 0.3 is 0 Å². The molecular weight excluding hydrogens is 378 g/mol. The normalized spacial score (nSPS) is 16.2. The van der Waals surface area contributed by atoms with Gasteiger partial charge in [-0.15, -0.1) is 0 Å². The van der Waals surface area contributed by atoms with Crippen LogP contribution in [0.1, 0.15) is 0 Å². The van der Waals surface area contributed by atoms with Crippen molar-refractivity contribution >= 4 is 50.0 Å². The van der Waals surface area contributed by atoms with E-state index in [0.717, 1.165) is 0 Å². The van der Waals surface area contributed by atoms with Crippen LogP contribution in [0.2, 0.25) is 0 Å². The van der Waals surface area contributed by atoms with Gasteiger partial charge in [0.05, 0.1) is 21.1 Å². The predicted octanol–water partition coefficient (Wildman–Crippen LogP) is 2.12. The zero-order valence-electron chi connectivity index (χ0n) is 13.1. The molecule has 2 aromatic heterocycles. The molecule has 1 N–H and O–H groups in total. The molecule has 0 fully saturated rings. The van der Waals surface area contributed by atoms with Crippen molar-refractivity contribution in [1.82, 2.24) is 14.5 Å². The maximum atomic E-state index is 12.5. The van der Waals surface area contributed by atoms with Crippen LogP contribution in [0.15, 0.2) is 40.4 Å². The van der Waals surface area contributed by atoms with Crippen molar-refractivity contribution in [1.29, 1.82) is 0 Å². The molecule has 11 heteroatoms. The van der Waals surface area contributed by atoms with E-state index in [4.69, 9.17) is 0 Å². The SMILES string of the molecule is O=C(Nc1nc2ccc([N+](=O)[O-])cc2s1)C1CSc2nccc(=O)n2C1. The first-order valence-corrected chi connectivity index (χ1v) is 9.36. The minimum Gasteiger partial charge on any atom is -0.302 e. The highest BCUT2D eigenvalue weighted by Gasteiger charge is 2.27. The summed E-state index contributed by atoms with van der Waals surface area (Å²) in [5, 5.41) is 14.6. The lowest BCUT2D eigenvalue weighted by molar-refractivity contribution is -0.384. The molecule has 3 aromatic rings. The van der Waals surface area contributed by atoms with Crippen LogP contribution >= 0.6 is 23.1 Å². The van der Waals surface area contributed by atoms with Gasteiger partial charge in [-0.2, -0.15) is 0 Å². The molecule has 132 valence electrons. The molecular formula is C15H11N5O4S2. The minimum absolute atomic E-state index is 0.0220. The van der Waals surface area contributed by atoms with Gasteiger partial charge in [-0.1, -0.05) is 23.1 Å². The van der Waals surface area contributed by atoms with E-state index in [9.17, 15) is 19.7 Å². The molecule has 0 aliphatic carbocycles. The number of thiazole rings is 1. The number of hydrogen-bond acceptors (Lipinski definition) is 8. The van der Waals surface area contributed by atoms with Gasteiger partial charge in [-0.3, -0.25) is 24.3 Å². The number of amides is 1. The molecule has 0 saturated carbocycles. The predicted molar refractivity (Wildman–Crippen MR) is 97.6 cm³/mol. The average Bonchev–Trinajstić information content (AvgIpc) is 3.03. The largest absolute Gasteiger partial charge is 0.302 e. The average molecular weight is 389 g/mol. The summed E-state index contributed by atoms with van der Waals surface area (Å²) < 4.78 is 2.11. The van der Waals surface area contributed by atoms with Crippen LogP contribution in [0.4, 0.5) is 10.8 Å². The van der Waals surface area contributed by atoms with E-state index in [1.807, 2.05) is 0 Å². The Kier molecular flexibility index (Phi) is 4.17. The number of nitro benzene ring substituents is 1. The standard InChI is InChI=1S/C15H11N5O4S2/c21-12-3-4-16-15-19(12)6-8(7-25-15)13(22)18-14-17-10-2-1-9(20(23)24)5-11(10)26-14/h1-5,8H,6-7H2,(H,17,18,22). The summed E-state index contributed by atoms with van der Waals surface area (Å²) >= 11 is 2.53. The number of nitro groups is 1. The number of benzene rings is 1. The van der Waals surface area contributed by atoms with E-state index in [2.05, 4.69) is 15.3 Å². The van der Waals surface area contributed by atoms with Crippen LogP contribution in [0, 0.1) is 16.0 Å². The van der Waals surface area contributed by atoms with Crippen LogP contribution in [0.3, 0.4) is 0 Å². The maximum Gasteiger partial charge on any atom is 0.270 e. The third-order valence-corrected chi connectivity index (χ3v) is 5.99. The van der Waals surface area contributed by atoms with Gasteiger partial charge in [-0.25, -0.2) is 9.97 Å². The molecule has 26 heavy (non-hydrogen) atoms. The summed E-state index contributed by atoms with van der Waals surface area (Å²) in [5.74, 6) is -0.123. The summed E-state index contributed by atoms with van der Waals surface area (Å²) in [4.78, 5) is 43.2. The molecule has 0 saturated heterocycles. The number of nitrogens with zero attached hydrogens (tertiary/aromatic N) is 4. The van der Waals surface area contributed by atoms with Crippen molar-refractivity contribution in [3.63, 3.8) is 0 Å². The number of aromatic nitrogens is 3. The van der Waals surface area contributed by atoms with Gasteiger partial charge < -0.3 is 5.32 Å². The van der Waals surface area contributed by atoms with E-state index in [1.165, 1.54) is 52.1 Å². The maximum absolute atomic E-state index is 12.5. The molecule has 1 aromatic carbocycles. The Morgan fingerprint density at radius 3 is 3.04 bits per heavy atom. The Labute approximate surface area is 154 Å². The van der Waals surface area contributed by atoms with E-state index in [0.29, 0.717) is 26.3 Å². The van der Waals surface area contributed by atoms with E-state index >= 15 is 0 Å². The minimum atomic E-state index is -0.472. The highest BCUT2D eigenvalue weighted by Crippen LogP contribution is 2.30. The van der Waals surface area contributed by atoms with Crippen molar-refractivity contribution in [2.45, 2.75) is 11.7 Å². The van der Waals surface area contributed by atoms with Crippen LogP contribution in [-0.2, 0) is 11.3 Å². The summed E-state index contributed by atoms with van der Waals surface area (Å²) in [7, 11) is 0. The van der Waals surface area contributed by atoms with Gasteiger partial charge in [0.1, 0.15) is 0 Å². The molecule has 1 atom stereocenters. The molecule has 9 nitrogen and oxygen atoms in total. The number of non-ortho nitro benzene ring substituents is 1. The van der Waals surface area contributed by atoms with Crippen molar-refractivity contribution < 1.29 is 9.72 Å². The van der Waals surface area contributed by atoms with Crippen LogP contribution in [0.25, 0.3) is 10.2 Å². The second-order valence-electron chi connectivity index (χ2n) is 5.60. The van der Waals surface area contributed by atoms with Crippen LogP contribution in [-0.4, -0.2) is 31.1 Å². The smallest absolute Gasteiger partial charge is 0.270 e. The lowest BCUT2D eigenvalue weighted by atomic mass is 10.1. The first-order valence-electron chi connectivity index (χ1n) is 7.56. The number of carbonyl (C=O) groups excluding carboxylic acids is 1. The van der Waals surface area contributed by atoms with Crippen molar-refractivity contribution in [3.05, 3.63) is 50.9 Å². The number of carbonyl (C=O) groups is 1. The van der Waals surface area contributed by atoms with Gasteiger partial charge in [0.15, 0.2) is 10.3 Å². The monoisotopic (exact) mass is 389 g/mol. The zero-order valence-corrected chi connectivity index (χ0v) is 14.7. The Balaban J connectivity index is 1.53. The van der Waals surface area contributed by atoms with Gasteiger partial charge in [0.2, 0.25) is 5.91 Å². The molecule has 1 unspecified atom stereocenters. The molecule has 4 rings (SSSR count). The zero-order chi connectivity index (χ0) is 18.3. The summed E-state index contributed by atoms with van der Waals surface area (Å²) in [6.45, 7) is 0.261. The first kappa shape index (κ1) is 16.7. The van der Waals surface area contributed by atoms with E-state index in [1.54, 1.807) is 6.07 Å². The highest BCUT2D eigenvalue weighted by molar-refractivity contribution is 7.99. The second-order valence-corrected chi connectivity index (χ2v) is 7.62. The van der Waals surface area contributed by atoms with Crippen molar-refractivity contribution in [3.8, 4) is 0 Å². The fourth-order valence-corrected chi connectivity index (χ4v) is 4.56. The Bertz CT molecular complexity index is 1090. The molecule has 0 radical (unpaired) electrons. The summed E-state index contributed by atoms with van der Waals surface area (Å²) in [5.41, 5.74) is 0.373. The fourth-order valence-electron chi connectivity index (χ4n) is 2.60. The number of anilines is 1. The number of hydrogen-bond donors (Lipinski definition) is 1. The summed E-state index contributed by atoms with van der Waals surface area (Å²) in [6, 6.07) is 5.73. The molecule has 1 amide bonds. The van der Waals surface area contributed by atoms with E-state index in [-0.39, 0.29) is 23.7 Å². The summed E-state index contributed by atoms with van der Waals surface area (Å²) in [6.07, 6.45) is 1.46. The number of rotatable bonds is 3. The van der Waals surface area contributed by atoms with Crippen LogP contribution < -0.4 is 10.9 Å². The van der Waals surface area contributed by atoms with Gasteiger partial charge in [0, 0.05) is 36.7 Å². The molecule has 1 aliphatic heterocycles. The lowest BCUT2D eigenvalue weighted by Gasteiger charge is -2.23.